The molecule has 2 aliphatic carbocycles. The molecule has 0 saturated heterocycles. The molecule has 0 heterocycles. The maximum atomic E-state index is 12.2. The molecule has 17 heavy (non-hydrogen) atoms. The van der Waals surface area contributed by atoms with Crippen molar-refractivity contribution in [3.63, 3.8) is 0 Å². The molecule has 0 aromatic carbocycles. The van der Waals surface area contributed by atoms with Crippen LogP contribution in [-0.2, 0) is 4.79 Å². The minimum atomic E-state index is -0.256. The van der Waals surface area contributed by atoms with E-state index in [-0.39, 0.29) is 11.4 Å². The average molecular weight is 234 g/mol. The molecule has 2 rings (SSSR count). The Morgan fingerprint density at radius 1 is 1.41 bits per heavy atom. The second-order valence-electron chi connectivity index (χ2n) is 5.67. The van der Waals surface area contributed by atoms with Crippen LogP contribution in [0.15, 0.2) is 0 Å². The molecular formula is C14H22N2O. The molecule has 2 saturated carbocycles. The van der Waals surface area contributed by atoms with Crippen LogP contribution in [0.4, 0.5) is 0 Å². The van der Waals surface area contributed by atoms with Gasteiger partial charge in [-0.05, 0) is 31.6 Å². The predicted octanol–water partition coefficient (Wildman–Crippen LogP) is 1.52. The molecule has 94 valence electrons. The van der Waals surface area contributed by atoms with Crippen LogP contribution in [-0.4, -0.2) is 29.4 Å². The van der Waals surface area contributed by atoms with Crippen molar-refractivity contribution in [1.82, 2.24) is 4.90 Å². The van der Waals surface area contributed by atoms with E-state index < -0.39 is 0 Å². The summed E-state index contributed by atoms with van der Waals surface area (Å²) >= 11 is 0. The highest BCUT2D eigenvalue weighted by molar-refractivity contribution is 5.77. The minimum Gasteiger partial charge on any atom is -0.331 e. The Bertz CT molecular complexity index is 322. The SMILES string of the molecule is C#CCN(CC1CC1)C(=O)CC1(N)CCCC1. The zero-order valence-electron chi connectivity index (χ0n) is 10.5. The molecule has 3 nitrogen and oxygen atoms in total. The summed E-state index contributed by atoms with van der Waals surface area (Å²) in [6, 6.07) is 0. The number of amides is 1. The molecule has 0 spiro atoms. The quantitative estimate of drug-likeness (QED) is 0.733. The molecule has 0 bridgehead atoms. The Morgan fingerprint density at radius 2 is 2.06 bits per heavy atom. The summed E-state index contributed by atoms with van der Waals surface area (Å²) in [4.78, 5) is 14.0. The third-order valence-corrected chi connectivity index (χ3v) is 3.91. The van der Waals surface area contributed by atoms with Crippen LogP contribution in [0.5, 0.6) is 0 Å². The maximum absolute atomic E-state index is 12.2. The third kappa shape index (κ3) is 3.47. The van der Waals surface area contributed by atoms with Crippen LogP contribution >= 0.6 is 0 Å². The van der Waals surface area contributed by atoms with Crippen molar-refractivity contribution < 1.29 is 4.79 Å². The maximum Gasteiger partial charge on any atom is 0.225 e. The van der Waals surface area contributed by atoms with Crippen LogP contribution in [0.1, 0.15) is 44.9 Å². The lowest BCUT2D eigenvalue weighted by Crippen LogP contribution is -2.44. The summed E-state index contributed by atoms with van der Waals surface area (Å²) < 4.78 is 0. The monoisotopic (exact) mass is 234 g/mol. The van der Waals surface area contributed by atoms with Crippen LogP contribution in [0.25, 0.3) is 0 Å². The second-order valence-corrected chi connectivity index (χ2v) is 5.67. The highest BCUT2D eigenvalue weighted by Crippen LogP contribution is 2.32. The molecule has 0 radical (unpaired) electrons. The first-order valence-electron chi connectivity index (χ1n) is 6.63. The largest absolute Gasteiger partial charge is 0.331 e. The Balaban J connectivity index is 1.88. The molecule has 0 aromatic heterocycles. The number of hydrogen-bond donors (Lipinski definition) is 1. The van der Waals surface area contributed by atoms with E-state index in [1.807, 2.05) is 4.90 Å². The van der Waals surface area contributed by atoms with Gasteiger partial charge >= 0.3 is 0 Å². The van der Waals surface area contributed by atoms with Crippen molar-refractivity contribution in [3.8, 4) is 12.3 Å². The number of terminal acetylenes is 1. The van der Waals surface area contributed by atoms with Crippen molar-refractivity contribution >= 4 is 5.91 Å². The number of rotatable bonds is 5. The lowest BCUT2D eigenvalue weighted by molar-refractivity contribution is -0.132. The molecule has 2 aliphatic rings. The molecule has 2 N–H and O–H groups in total. The number of carbonyl (C=O) groups excluding carboxylic acids is 1. The Kier molecular flexibility index (Phi) is 3.73. The van der Waals surface area contributed by atoms with Crippen LogP contribution in [0, 0.1) is 18.3 Å². The van der Waals surface area contributed by atoms with Gasteiger partial charge in [-0.1, -0.05) is 18.8 Å². The first kappa shape index (κ1) is 12.4. The van der Waals surface area contributed by atoms with Gasteiger partial charge in [-0.3, -0.25) is 4.79 Å². The number of nitrogens with zero attached hydrogens (tertiary/aromatic N) is 1. The highest BCUT2D eigenvalue weighted by atomic mass is 16.2. The summed E-state index contributed by atoms with van der Waals surface area (Å²) in [5.74, 6) is 3.42. The molecule has 3 heteroatoms. The normalized spacial score (nSPS) is 22.1. The fourth-order valence-corrected chi connectivity index (χ4v) is 2.65. The van der Waals surface area contributed by atoms with Crippen molar-refractivity contribution in [2.75, 3.05) is 13.1 Å². The smallest absolute Gasteiger partial charge is 0.225 e. The van der Waals surface area contributed by atoms with E-state index >= 15 is 0 Å². The third-order valence-electron chi connectivity index (χ3n) is 3.91. The van der Waals surface area contributed by atoms with E-state index in [2.05, 4.69) is 5.92 Å². The molecule has 1 amide bonds. The predicted molar refractivity (Wildman–Crippen MR) is 68.1 cm³/mol. The fourth-order valence-electron chi connectivity index (χ4n) is 2.65. The molecule has 0 atom stereocenters. The Labute approximate surface area is 104 Å². The zero-order valence-corrected chi connectivity index (χ0v) is 10.5. The van der Waals surface area contributed by atoms with E-state index in [9.17, 15) is 4.79 Å². The van der Waals surface area contributed by atoms with Crippen molar-refractivity contribution in [2.45, 2.75) is 50.5 Å². The van der Waals surface area contributed by atoms with E-state index in [0.717, 1.165) is 32.2 Å². The summed E-state index contributed by atoms with van der Waals surface area (Å²) in [6.45, 7) is 1.27. The zero-order chi connectivity index (χ0) is 12.3. The second kappa shape index (κ2) is 5.10. The average Bonchev–Trinajstić information content (AvgIpc) is 3.00. The summed E-state index contributed by atoms with van der Waals surface area (Å²) in [7, 11) is 0. The summed E-state index contributed by atoms with van der Waals surface area (Å²) in [5.41, 5.74) is 5.98. The van der Waals surface area contributed by atoms with E-state index in [1.165, 1.54) is 12.8 Å². The van der Waals surface area contributed by atoms with E-state index in [4.69, 9.17) is 12.2 Å². The minimum absolute atomic E-state index is 0.152. The fraction of sp³-hybridized carbons (Fsp3) is 0.786. The summed E-state index contributed by atoms with van der Waals surface area (Å²) in [5, 5.41) is 0. The topological polar surface area (TPSA) is 46.3 Å². The van der Waals surface area contributed by atoms with Gasteiger partial charge in [-0.15, -0.1) is 6.42 Å². The van der Waals surface area contributed by atoms with Crippen molar-refractivity contribution in [1.29, 1.82) is 0 Å². The first-order valence-corrected chi connectivity index (χ1v) is 6.63. The first-order chi connectivity index (χ1) is 8.13. The molecule has 0 aromatic rings. The Hall–Kier alpha value is -1.01. The van der Waals surface area contributed by atoms with E-state index in [1.54, 1.807) is 0 Å². The van der Waals surface area contributed by atoms with Gasteiger partial charge < -0.3 is 10.6 Å². The lowest BCUT2D eigenvalue weighted by Gasteiger charge is -2.27. The number of nitrogens with two attached hydrogens (primary N) is 1. The molecule has 0 aliphatic heterocycles. The van der Waals surface area contributed by atoms with Crippen LogP contribution < -0.4 is 5.73 Å². The van der Waals surface area contributed by atoms with Gasteiger partial charge in [0.05, 0.1) is 6.54 Å². The van der Waals surface area contributed by atoms with Crippen LogP contribution in [0.2, 0.25) is 0 Å². The van der Waals surface area contributed by atoms with Gasteiger partial charge in [0.2, 0.25) is 5.91 Å². The van der Waals surface area contributed by atoms with Crippen molar-refractivity contribution in [2.24, 2.45) is 11.7 Å². The number of hydrogen-bond acceptors (Lipinski definition) is 2. The molecule has 2 fully saturated rings. The van der Waals surface area contributed by atoms with Gasteiger partial charge in [0.15, 0.2) is 0 Å². The van der Waals surface area contributed by atoms with Gasteiger partial charge in [0.25, 0.3) is 0 Å². The van der Waals surface area contributed by atoms with Gasteiger partial charge in [-0.2, -0.15) is 0 Å². The van der Waals surface area contributed by atoms with Gasteiger partial charge in [0.1, 0.15) is 0 Å². The van der Waals surface area contributed by atoms with Gasteiger partial charge in [0, 0.05) is 18.5 Å². The Morgan fingerprint density at radius 3 is 2.59 bits per heavy atom. The standard InChI is InChI=1S/C14H22N2O/c1-2-9-16(11-12-5-6-12)13(17)10-14(15)7-3-4-8-14/h1,12H,3-11,15H2. The molecular weight excluding hydrogens is 212 g/mol. The number of carbonyl (C=O) groups is 1. The molecule has 0 unspecified atom stereocenters. The van der Waals surface area contributed by atoms with Crippen molar-refractivity contribution in [3.05, 3.63) is 0 Å². The lowest BCUT2D eigenvalue weighted by atomic mass is 9.94. The highest BCUT2D eigenvalue weighted by Gasteiger charge is 2.34. The summed E-state index contributed by atoms with van der Waals surface area (Å²) in [6.07, 6.45) is 12.5. The van der Waals surface area contributed by atoms with Gasteiger partial charge in [-0.25, -0.2) is 0 Å². The van der Waals surface area contributed by atoms with Crippen LogP contribution in [0.3, 0.4) is 0 Å². The van der Waals surface area contributed by atoms with E-state index in [0.29, 0.717) is 18.9 Å².